The monoisotopic (exact) mass is 228 g/mol. The Bertz CT molecular complexity index is 260. The van der Waals surface area contributed by atoms with Crippen LogP contribution in [0.5, 0.6) is 0 Å². The quantitative estimate of drug-likeness (QED) is 0.623. The third-order valence-corrected chi connectivity index (χ3v) is 6.88. The third-order valence-electron chi connectivity index (χ3n) is 2.07. The van der Waals surface area contributed by atoms with E-state index in [4.69, 9.17) is 0 Å². The summed E-state index contributed by atoms with van der Waals surface area (Å²) in [4.78, 5) is 0. The van der Waals surface area contributed by atoms with E-state index in [1.807, 2.05) is 11.3 Å². The van der Waals surface area contributed by atoms with Gasteiger partial charge in [-0.3, -0.25) is 0 Å². The van der Waals surface area contributed by atoms with Crippen molar-refractivity contribution in [3.8, 4) is 0 Å². The predicted molar refractivity (Wildman–Crippen MR) is 70.4 cm³/mol. The van der Waals surface area contributed by atoms with Crippen LogP contribution in [0.2, 0.25) is 0 Å². The molecular formula is C12H21PS. The van der Waals surface area contributed by atoms with Gasteiger partial charge in [0.15, 0.2) is 0 Å². The van der Waals surface area contributed by atoms with Gasteiger partial charge in [-0.15, -0.1) is 11.3 Å². The fourth-order valence-electron chi connectivity index (χ4n) is 2.06. The molecule has 2 heteroatoms. The second-order valence-electron chi connectivity index (χ2n) is 5.63. The van der Waals surface area contributed by atoms with E-state index < -0.39 is 0 Å². The average Bonchev–Trinajstić information content (AvgIpc) is 2.31. The van der Waals surface area contributed by atoms with Crippen LogP contribution in [0.15, 0.2) is 17.5 Å². The maximum atomic E-state index is 2.36. The van der Waals surface area contributed by atoms with E-state index in [2.05, 4.69) is 59.1 Å². The Hall–Kier alpha value is 0.130. The molecule has 0 atom stereocenters. The van der Waals surface area contributed by atoms with Gasteiger partial charge in [0.1, 0.15) is 0 Å². The highest BCUT2D eigenvalue weighted by atomic mass is 32.1. The zero-order valence-electron chi connectivity index (χ0n) is 10.1. The molecule has 0 aliphatic heterocycles. The van der Waals surface area contributed by atoms with Gasteiger partial charge in [-0.1, -0.05) is 55.5 Å². The van der Waals surface area contributed by atoms with Crippen LogP contribution < -0.4 is 4.62 Å². The zero-order valence-corrected chi connectivity index (χ0v) is 11.8. The Kier molecular flexibility index (Phi) is 3.44. The normalized spacial score (nSPS) is 13.6. The molecule has 1 aromatic heterocycles. The van der Waals surface area contributed by atoms with Crippen molar-refractivity contribution in [2.45, 2.75) is 51.9 Å². The largest absolute Gasteiger partial charge is 0.144 e. The Morgan fingerprint density at radius 3 is 1.79 bits per heavy atom. The van der Waals surface area contributed by atoms with E-state index in [1.54, 1.807) is 4.62 Å². The van der Waals surface area contributed by atoms with Crippen molar-refractivity contribution < 1.29 is 0 Å². The highest BCUT2D eigenvalue weighted by molar-refractivity contribution is 7.74. The maximum absolute atomic E-state index is 2.36. The van der Waals surface area contributed by atoms with E-state index in [0.717, 1.165) is 0 Å². The van der Waals surface area contributed by atoms with E-state index in [-0.39, 0.29) is 7.92 Å². The van der Waals surface area contributed by atoms with E-state index in [1.165, 1.54) is 0 Å². The summed E-state index contributed by atoms with van der Waals surface area (Å²) in [5.41, 5.74) is 0. The van der Waals surface area contributed by atoms with Gasteiger partial charge in [-0.05, 0) is 21.8 Å². The van der Waals surface area contributed by atoms with Crippen LogP contribution in [-0.4, -0.2) is 10.3 Å². The van der Waals surface area contributed by atoms with Crippen LogP contribution in [0.25, 0.3) is 0 Å². The molecule has 0 saturated carbocycles. The Balaban J connectivity index is 3.08. The van der Waals surface area contributed by atoms with Gasteiger partial charge in [0.25, 0.3) is 0 Å². The van der Waals surface area contributed by atoms with Crippen LogP contribution in [0.4, 0.5) is 0 Å². The second-order valence-corrected chi connectivity index (χ2v) is 10.7. The molecule has 1 aromatic rings. The molecular weight excluding hydrogens is 207 g/mol. The van der Waals surface area contributed by atoms with Gasteiger partial charge in [0.2, 0.25) is 0 Å². The lowest BCUT2D eigenvalue weighted by molar-refractivity contribution is 0.715. The first kappa shape index (κ1) is 12.2. The molecule has 0 nitrogen and oxygen atoms in total. The molecule has 0 aliphatic rings. The molecule has 0 aliphatic carbocycles. The summed E-state index contributed by atoms with van der Waals surface area (Å²) in [5.74, 6) is 0. The molecule has 0 amide bonds. The first-order valence-corrected chi connectivity index (χ1v) is 7.29. The van der Waals surface area contributed by atoms with Crippen molar-refractivity contribution in [2.75, 3.05) is 0 Å². The molecule has 0 aromatic carbocycles. The first-order valence-electron chi connectivity index (χ1n) is 5.07. The standard InChI is InChI=1S/C12H21PS/c1-11(2,3)13(12(4,5)6)10-8-7-9-14-10/h7-9H,1-6H3. The van der Waals surface area contributed by atoms with Crippen molar-refractivity contribution in [2.24, 2.45) is 0 Å². The van der Waals surface area contributed by atoms with Crippen molar-refractivity contribution >= 4 is 23.9 Å². The van der Waals surface area contributed by atoms with Crippen molar-refractivity contribution in [1.82, 2.24) is 0 Å². The summed E-state index contributed by atoms with van der Waals surface area (Å²) < 4.78 is 1.58. The molecule has 0 bridgehead atoms. The van der Waals surface area contributed by atoms with Crippen LogP contribution in [-0.2, 0) is 0 Å². The van der Waals surface area contributed by atoms with Crippen LogP contribution >= 0.6 is 19.3 Å². The summed E-state index contributed by atoms with van der Waals surface area (Å²) in [5, 5.41) is 3.00. The fourth-order valence-corrected chi connectivity index (χ4v) is 8.34. The summed E-state index contributed by atoms with van der Waals surface area (Å²) in [7, 11) is -0.0823. The predicted octanol–water partition coefficient (Wildman–Crippen LogP) is 4.45. The number of hydrogen-bond acceptors (Lipinski definition) is 1. The molecule has 1 rings (SSSR count). The average molecular weight is 228 g/mol. The van der Waals surface area contributed by atoms with Gasteiger partial charge >= 0.3 is 0 Å². The van der Waals surface area contributed by atoms with E-state index >= 15 is 0 Å². The highest BCUT2D eigenvalue weighted by Crippen LogP contribution is 2.58. The SMILES string of the molecule is CC(C)(C)P(c1cccs1)C(C)(C)C. The van der Waals surface area contributed by atoms with Gasteiger partial charge in [-0.25, -0.2) is 0 Å². The maximum Gasteiger partial charge on any atom is 0.0288 e. The Morgan fingerprint density at radius 2 is 1.50 bits per heavy atom. The zero-order chi connectivity index (χ0) is 11.0. The molecule has 0 saturated heterocycles. The topological polar surface area (TPSA) is 0 Å². The summed E-state index contributed by atoms with van der Waals surface area (Å²) in [6, 6.07) is 4.47. The number of rotatable bonds is 1. The summed E-state index contributed by atoms with van der Waals surface area (Å²) in [6.45, 7) is 14.2. The lowest BCUT2D eigenvalue weighted by Gasteiger charge is -2.40. The number of hydrogen-bond donors (Lipinski definition) is 0. The van der Waals surface area contributed by atoms with Crippen molar-refractivity contribution in [3.63, 3.8) is 0 Å². The lowest BCUT2D eigenvalue weighted by Crippen LogP contribution is -2.29. The third kappa shape index (κ3) is 2.81. The number of thiophene rings is 1. The molecule has 0 radical (unpaired) electrons. The Labute approximate surface area is 93.5 Å². The van der Waals surface area contributed by atoms with Crippen molar-refractivity contribution in [1.29, 1.82) is 0 Å². The van der Waals surface area contributed by atoms with Crippen LogP contribution in [0, 0.1) is 0 Å². The minimum atomic E-state index is -0.0823. The smallest absolute Gasteiger partial charge is 0.0288 e. The van der Waals surface area contributed by atoms with Crippen molar-refractivity contribution in [3.05, 3.63) is 17.5 Å². The van der Waals surface area contributed by atoms with Gasteiger partial charge in [0, 0.05) is 4.62 Å². The van der Waals surface area contributed by atoms with E-state index in [9.17, 15) is 0 Å². The van der Waals surface area contributed by atoms with E-state index in [0.29, 0.717) is 10.3 Å². The minimum Gasteiger partial charge on any atom is -0.144 e. The molecule has 80 valence electrons. The first-order chi connectivity index (χ1) is 6.23. The summed E-state index contributed by atoms with van der Waals surface area (Å²) in [6.07, 6.45) is 0. The molecule has 1 heterocycles. The minimum absolute atomic E-state index is 0.0823. The lowest BCUT2D eigenvalue weighted by atomic mass is 10.2. The molecule has 0 N–H and O–H groups in total. The Morgan fingerprint density at radius 1 is 1.00 bits per heavy atom. The second kappa shape index (κ2) is 3.94. The highest BCUT2D eigenvalue weighted by Gasteiger charge is 2.35. The fraction of sp³-hybridized carbons (Fsp3) is 0.667. The molecule has 0 fully saturated rings. The molecule has 14 heavy (non-hydrogen) atoms. The van der Waals surface area contributed by atoms with Gasteiger partial charge in [-0.2, -0.15) is 0 Å². The van der Waals surface area contributed by atoms with Gasteiger partial charge in [0.05, 0.1) is 0 Å². The molecule has 0 spiro atoms. The van der Waals surface area contributed by atoms with Crippen LogP contribution in [0.1, 0.15) is 41.5 Å². The summed E-state index contributed by atoms with van der Waals surface area (Å²) >= 11 is 1.91. The van der Waals surface area contributed by atoms with Crippen LogP contribution in [0.3, 0.4) is 0 Å². The molecule has 0 unspecified atom stereocenters. The van der Waals surface area contributed by atoms with Gasteiger partial charge < -0.3 is 0 Å².